The lowest BCUT2D eigenvalue weighted by Crippen LogP contribution is -2.55. The van der Waals surface area contributed by atoms with Crippen LogP contribution in [0.3, 0.4) is 0 Å². The molecule has 1 fully saturated rings. The molecule has 0 aromatic carbocycles. The van der Waals surface area contributed by atoms with Gasteiger partial charge in [0.15, 0.2) is 0 Å². The number of rotatable bonds is 5. The maximum atomic E-state index is 5.32. The van der Waals surface area contributed by atoms with Crippen LogP contribution in [0.4, 0.5) is 0 Å². The fourth-order valence-corrected chi connectivity index (χ4v) is 2.30. The molecule has 1 saturated heterocycles. The lowest BCUT2D eigenvalue weighted by Gasteiger charge is -2.41. The van der Waals surface area contributed by atoms with Crippen molar-refractivity contribution in [1.29, 1.82) is 0 Å². The van der Waals surface area contributed by atoms with Gasteiger partial charge in [-0.05, 0) is 12.5 Å². The molecule has 0 aromatic rings. The third-order valence-corrected chi connectivity index (χ3v) is 3.09. The number of ether oxygens (including phenoxy) is 1. The number of nitrogens with zero attached hydrogens (tertiary/aromatic N) is 2. The van der Waals surface area contributed by atoms with E-state index in [9.17, 15) is 0 Å². The summed E-state index contributed by atoms with van der Waals surface area (Å²) >= 11 is 0. The van der Waals surface area contributed by atoms with Crippen LogP contribution in [0.2, 0.25) is 0 Å². The Morgan fingerprint density at radius 3 is 2.60 bits per heavy atom. The highest BCUT2D eigenvalue weighted by Gasteiger charge is 2.26. The second-order valence-electron chi connectivity index (χ2n) is 4.89. The molecule has 1 atom stereocenters. The lowest BCUT2D eigenvalue weighted by atomic mass is 10.1. The summed E-state index contributed by atoms with van der Waals surface area (Å²) in [5.74, 6) is 0.748. The summed E-state index contributed by atoms with van der Waals surface area (Å²) in [4.78, 5) is 5.10. The topological polar surface area (TPSA) is 15.7 Å². The van der Waals surface area contributed by atoms with Crippen molar-refractivity contribution >= 4 is 0 Å². The van der Waals surface area contributed by atoms with Gasteiger partial charge in [0, 0.05) is 39.3 Å². The quantitative estimate of drug-likeness (QED) is 0.686. The predicted molar refractivity (Wildman–Crippen MR) is 64.2 cm³/mol. The molecule has 0 N–H and O–H groups in total. The van der Waals surface area contributed by atoms with Crippen molar-refractivity contribution in [3.63, 3.8) is 0 Å². The minimum absolute atomic E-state index is 0.589. The zero-order valence-corrected chi connectivity index (χ0v) is 10.7. The highest BCUT2D eigenvalue weighted by atomic mass is 16.5. The average molecular weight is 214 g/mol. The fourth-order valence-electron chi connectivity index (χ4n) is 2.30. The van der Waals surface area contributed by atoms with E-state index in [1.807, 2.05) is 0 Å². The molecule has 0 bridgehead atoms. The second-order valence-corrected chi connectivity index (χ2v) is 4.89. The van der Waals surface area contributed by atoms with Crippen LogP contribution >= 0.6 is 0 Å². The van der Waals surface area contributed by atoms with E-state index in [4.69, 9.17) is 4.74 Å². The highest BCUT2D eigenvalue weighted by Crippen LogP contribution is 2.12. The molecular weight excluding hydrogens is 188 g/mol. The normalized spacial score (nSPS) is 25.0. The van der Waals surface area contributed by atoms with Crippen LogP contribution in [0.15, 0.2) is 0 Å². The van der Waals surface area contributed by atoms with E-state index in [1.54, 1.807) is 7.11 Å². The van der Waals surface area contributed by atoms with Gasteiger partial charge in [0.05, 0.1) is 6.61 Å². The zero-order valence-electron chi connectivity index (χ0n) is 10.7. The molecule has 0 aliphatic carbocycles. The molecular formula is C12H26N2O. The maximum absolute atomic E-state index is 5.32. The fraction of sp³-hybridized carbons (Fsp3) is 1.00. The van der Waals surface area contributed by atoms with Gasteiger partial charge in [-0.25, -0.2) is 0 Å². The van der Waals surface area contributed by atoms with Gasteiger partial charge in [0.25, 0.3) is 0 Å². The molecule has 0 radical (unpaired) electrons. The first-order valence-electron chi connectivity index (χ1n) is 6.12. The Labute approximate surface area is 94.4 Å². The molecule has 0 spiro atoms. The molecule has 0 saturated carbocycles. The van der Waals surface area contributed by atoms with E-state index in [2.05, 4.69) is 30.6 Å². The van der Waals surface area contributed by atoms with Crippen LogP contribution in [0.25, 0.3) is 0 Å². The first-order valence-corrected chi connectivity index (χ1v) is 6.12. The SMILES string of the molecule is CCN1CCN(CC(C)C)[C@@H](COC)C1. The highest BCUT2D eigenvalue weighted by molar-refractivity contribution is 4.82. The van der Waals surface area contributed by atoms with Crippen LogP contribution in [0.5, 0.6) is 0 Å². The minimum atomic E-state index is 0.589. The van der Waals surface area contributed by atoms with Crippen molar-refractivity contribution in [3.8, 4) is 0 Å². The molecule has 3 heteroatoms. The predicted octanol–water partition coefficient (Wildman–Crippen LogP) is 1.29. The van der Waals surface area contributed by atoms with Crippen LogP contribution in [-0.2, 0) is 4.74 Å². The van der Waals surface area contributed by atoms with Crippen molar-refractivity contribution < 1.29 is 4.74 Å². The Bertz CT molecular complexity index is 173. The van der Waals surface area contributed by atoms with Crippen molar-refractivity contribution in [2.24, 2.45) is 5.92 Å². The van der Waals surface area contributed by atoms with Crippen molar-refractivity contribution in [2.45, 2.75) is 26.8 Å². The van der Waals surface area contributed by atoms with E-state index in [0.717, 1.165) is 25.6 Å². The third kappa shape index (κ3) is 4.09. The summed E-state index contributed by atoms with van der Waals surface area (Å²) in [5.41, 5.74) is 0. The minimum Gasteiger partial charge on any atom is -0.383 e. The van der Waals surface area contributed by atoms with E-state index in [-0.39, 0.29) is 0 Å². The average Bonchev–Trinajstić information content (AvgIpc) is 2.20. The maximum Gasteiger partial charge on any atom is 0.0630 e. The van der Waals surface area contributed by atoms with Gasteiger partial charge in [0.1, 0.15) is 0 Å². The number of hydrogen-bond donors (Lipinski definition) is 0. The summed E-state index contributed by atoms with van der Waals surface area (Å²) < 4.78 is 5.32. The first-order chi connectivity index (χ1) is 7.17. The molecule has 1 rings (SSSR count). The number of methoxy groups -OCH3 is 1. The van der Waals surface area contributed by atoms with Gasteiger partial charge in [-0.15, -0.1) is 0 Å². The molecule has 15 heavy (non-hydrogen) atoms. The van der Waals surface area contributed by atoms with Gasteiger partial charge in [-0.3, -0.25) is 4.90 Å². The first kappa shape index (κ1) is 12.9. The Hall–Kier alpha value is -0.120. The summed E-state index contributed by atoms with van der Waals surface area (Å²) in [6, 6.07) is 0.589. The third-order valence-electron chi connectivity index (χ3n) is 3.09. The van der Waals surface area contributed by atoms with Gasteiger partial charge >= 0.3 is 0 Å². The van der Waals surface area contributed by atoms with E-state index in [1.165, 1.54) is 19.6 Å². The summed E-state index contributed by atoms with van der Waals surface area (Å²) in [5, 5.41) is 0. The number of hydrogen-bond acceptors (Lipinski definition) is 3. The van der Waals surface area contributed by atoms with Crippen LogP contribution in [0, 0.1) is 5.92 Å². The Balaban J connectivity index is 2.46. The smallest absolute Gasteiger partial charge is 0.0630 e. The standard InChI is InChI=1S/C12H26N2O/c1-5-13-6-7-14(8-11(2)3)12(9-13)10-15-4/h11-12H,5-10H2,1-4H3/t12-/m1/s1. The zero-order chi connectivity index (χ0) is 11.3. The van der Waals surface area contributed by atoms with E-state index < -0.39 is 0 Å². The molecule has 3 nitrogen and oxygen atoms in total. The molecule has 1 heterocycles. The molecule has 0 amide bonds. The molecule has 1 aliphatic heterocycles. The summed E-state index contributed by atoms with van der Waals surface area (Å²) in [6.45, 7) is 13.6. The van der Waals surface area contributed by atoms with Crippen molar-refractivity contribution in [3.05, 3.63) is 0 Å². The van der Waals surface area contributed by atoms with Crippen LogP contribution < -0.4 is 0 Å². The van der Waals surface area contributed by atoms with Gasteiger partial charge < -0.3 is 9.64 Å². The molecule has 0 unspecified atom stereocenters. The van der Waals surface area contributed by atoms with Gasteiger partial charge in [0.2, 0.25) is 0 Å². The molecule has 1 aliphatic rings. The second kappa shape index (κ2) is 6.46. The van der Waals surface area contributed by atoms with Crippen molar-refractivity contribution in [2.75, 3.05) is 46.4 Å². The van der Waals surface area contributed by atoms with E-state index in [0.29, 0.717) is 6.04 Å². The Kier molecular flexibility index (Phi) is 5.58. The summed E-state index contributed by atoms with van der Waals surface area (Å²) in [6.07, 6.45) is 0. The molecule has 90 valence electrons. The number of piperazine rings is 1. The summed E-state index contributed by atoms with van der Waals surface area (Å²) in [7, 11) is 1.80. The van der Waals surface area contributed by atoms with Gasteiger partial charge in [-0.1, -0.05) is 20.8 Å². The number of likely N-dealkylation sites (N-methyl/N-ethyl adjacent to an activating group) is 1. The van der Waals surface area contributed by atoms with Crippen LogP contribution in [-0.4, -0.2) is 62.3 Å². The van der Waals surface area contributed by atoms with Gasteiger partial charge in [-0.2, -0.15) is 0 Å². The van der Waals surface area contributed by atoms with Crippen molar-refractivity contribution in [1.82, 2.24) is 9.80 Å². The lowest BCUT2D eigenvalue weighted by molar-refractivity contribution is 0.0211. The van der Waals surface area contributed by atoms with E-state index >= 15 is 0 Å². The van der Waals surface area contributed by atoms with Crippen LogP contribution in [0.1, 0.15) is 20.8 Å². The monoisotopic (exact) mass is 214 g/mol. The Morgan fingerprint density at radius 2 is 2.07 bits per heavy atom. The largest absolute Gasteiger partial charge is 0.383 e. The Morgan fingerprint density at radius 1 is 1.33 bits per heavy atom. The molecule has 0 aromatic heterocycles.